The summed E-state index contributed by atoms with van der Waals surface area (Å²) < 4.78 is 0. The van der Waals surface area contributed by atoms with E-state index in [4.69, 9.17) is 5.73 Å². The molecule has 0 radical (unpaired) electrons. The Balaban J connectivity index is 2.33. The lowest BCUT2D eigenvalue weighted by Crippen LogP contribution is -2.30. The Morgan fingerprint density at radius 2 is 2.22 bits per heavy atom. The highest BCUT2D eigenvalue weighted by atomic mass is 16.3. The van der Waals surface area contributed by atoms with Crippen LogP contribution in [0.25, 0.3) is 0 Å². The van der Waals surface area contributed by atoms with Crippen LogP contribution in [0.1, 0.15) is 33.1 Å². The highest BCUT2D eigenvalue weighted by Crippen LogP contribution is 2.34. The molecule has 0 amide bonds. The Hall–Kier alpha value is -1.35. The van der Waals surface area contributed by atoms with Crippen molar-refractivity contribution in [1.29, 1.82) is 0 Å². The first-order chi connectivity index (χ1) is 8.49. The summed E-state index contributed by atoms with van der Waals surface area (Å²) in [5, 5.41) is 10.4. The molecule has 98 valence electrons. The zero-order valence-corrected chi connectivity index (χ0v) is 11.2. The summed E-state index contributed by atoms with van der Waals surface area (Å²) in [6.07, 6.45) is 10.6. The van der Waals surface area contributed by atoms with Crippen molar-refractivity contribution in [1.82, 2.24) is 0 Å². The molecule has 1 aliphatic heterocycles. The van der Waals surface area contributed by atoms with Gasteiger partial charge in [-0.3, -0.25) is 4.99 Å². The van der Waals surface area contributed by atoms with Gasteiger partial charge in [0.15, 0.2) is 0 Å². The third-order valence-electron chi connectivity index (χ3n) is 3.51. The van der Waals surface area contributed by atoms with E-state index in [9.17, 15) is 5.11 Å². The number of rotatable bonds is 1. The van der Waals surface area contributed by atoms with Crippen molar-refractivity contribution in [2.75, 3.05) is 6.54 Å². The standard InChI is InChI=1S/C15H22N2O/c1-15(2)7-4-3-5-12(14(18)9-15)11-6-8-17-10-13(11)16/h4,6-8,13,18H,3,5,9-10,16H2,1-2H3/b7-4-,14-12-. The van der Waals surface area contributed by atoms with Gasteiger partial charge < -0.3 is 10.8 Å². The van der Waals surface area contributed by atoms with Crippen LogP contribution in [0, 0.1) is 5.41 Å². The molecule has 1 aliphatic carbocycles. The first-order valence-electron chi connectivity index (χ1n) is 6.54. The summed E-state index contributed by atoms with van der Waals surface area (Å²) >= 11 is 0. The molecule has 0 aromatic heterocycles. The summed E-state index contributed by atoms with van der Waals surface area (Å²) in [4.78, 5) is 4.15. The molecular formula is C15H22N2O. The van der Waals surface area contributed by atoms with E-state index in [2.05, 4.69) is 31.0 Å². The van der Waals surface area contributed by atoms with Crippen molar-refractivity contribution < 1.29 is 5.11 Å². The first-order valence-corrected chi connectivity index (χ1v) is 6.54. The SMILES string of the molecule is CC1(C)/C=C\CC/C(C2=CC=NCC2N)=C(/O)C1. The topological polar surface area (TPSA) is 58.6 Å². The van der Waals surface area contributed by atoms with E-state index in [1.807, 2.05) is 6.08 Å². The molecule has 2 rings (SSSR count). The van der Waals surface area contributed by atoms with Crippen molar-refractivity contribution in [3.05, 3.63) is 35.1 Å². The molecule has 1 atom stereocenters. The van der Waals surface area contributed by atoms with Crippen molar-refractivity contribution in [3.8, 4) is 0 Å². The van der Waals surface area contributed by atoms with Gasteiger partial charge in [-0.15, -0.1) is 0 Å². The van der Waals surface area contributed by atoms with Gasteiger partial charge in [0.25, 0.3) is 0 Å². The fourth-order valence-corrected chi connectivity index (χ4v) is 2.54. The predicted molar refractivity (Wildman–Crippen MR) is 75.8 cm³/mol. The summed E-state index contributed by atoms with van der Waals surface area (Å²) in [6, 6.07) is -0.0846. The van der Waals surface area contributed by atoms with E-state index in [1.165, 1.54) is 0 Å². The Labute approximate surface area is 109 Å². The molecule has 0 saturated carbocycles. The van der Waals surface area contributed by atoms with E-state index in [1.54, 1.807) is 6.21 Å². The number of nitrogens with zero attached hydrogens (tertiary/aromatic N) is 1. The molecule has 0 saturated heterocycles. The Morgan fingerprint density at radius 1 is 1.44 bits per heavy atom. The lowest BCUT2D eigenvalue weighted by molar-refractivity contribution is 0.319. The Kier molecular flexibility index (Phi) is 3.71. The lowest BCUT2D eigenvalue weighted by atomic mass is 9.82. The molecule has 0 bridgehead atoms. The van der Waals surface area contributed by atoms with E-state index in [0.717, 1.165) is 24.0 Å². The second-order valence-corrected chi connectivity index (χ2v) is 5.77. The lowest BCUT2D eigenvalue weighted by Gasteiger charge is -2.26. The minimum Gasteiger partial charge on any atom is -0.512 e. The average molecular weight is 246 g/mol. The molecule has 0 fully saturated rings. The zero-order valence-electron chi connectivity index (χ0n) is 11.2. The number of aliphatic hydroxyl groups is 1. The van der Waals surface area contributed by atoms with E-state index in [0.29, 0.717) is 18.7 Å². The van der Waals surface area contributed by atoms with Gasteiger partial charge in [0.05, 0.1) is 12.3 Å². The smallest absolute Gasteiger partial charge is 0.0966 e. The summed E-state index contributed by atoms with van der Waals surface area (Å²) in [7, 11) is 0. The van der Waals surface area contributed by atoms with Crippen molar-refractivity contribution in [2.24, 2.45) is 16.1 Å². The maximum absolute atomic E-state index is 10.4. The summed E-state index contributed by atoms with van der Waals surface area (Å²) in [5.74, 6) is 0.487. The van der Waals surface area contributed by atoms with E-state index in [-0.39, 0.29) is 11.5 Å². The van der Waals surface area contributed by atoms with Gasteiger partial charge in [-0.25, -0.2) is 0 Å². The number of aliphatic imine (C=N–C) groups is 1. The Bertz CT molecular complexity index is 441. The minimum absolute atomic E-state index is 0.00314. The fourth-order valence-electron chi connectivity index (χ4n) is 2.54. The number of hydrogen-bond acceptors (Lipinski definition) is 3. The van der Waals surface area contributed by atoms with Gasteiger partial charge in [-0.2, -0.15) is 0 Å². The van der Waals surface area contributed by atoms with Crippen LogP contribution in [0.3, 0.4) is 0 Å². The Morgan fingerprint density at radius 3 is 2.94 bits per heavy atom. The van der Waals surface area contributed by atoms with E-state index >= 15 is 0 Å². The van der Waals surface area contributed by atoms with Gasteiger partial charge >= 0.3 is 0 Å². The molecule has 0 aromatic rings. The van der Waals surface area contributed by atoms with Crippen LogP contribution < -0.4 is 5.73 Å². The molecule has 3 heteroatoms. The van der Waals surface area contributed by atoms with Crippen molar-refractivity contribution >= 4 is 6.21 Å². The van der Waals surface area contributed by atoms with Crippen LogP contribution in [0.15, 0.2) is 40.1 Å². The van der Waals surface area contributed by atoms with Crippen LogP contribution in [-0.4, -0.2) is 23.9 Å². The molecule has 1 heterocycles. The van der Waals surface area contributed by atoms with Crippen LogP contribution >= 0.6 is 0 Å². The average Bonchev–Trinajstić information content (AvgIpc) is 2.28. The molecular weight excluding hydrogens is 224 g/mol. The number of allylic oxidation sites excluding steroid dienone is 4. The maximum Gasteiger partial charge on any atom is 0.0966 e. The number of dihydropyridines is 1. The molecule has 0 aromatic carbocycles. The third-order valence-corrected chi connectivity index (χ3v) is 3.51. The van der Waals surface area contributed by atoms with Crippen LogP contribution in [0.2, 0.25) is 0 Å². The molecule has 3 nitrogen and oxygen atoms in total. The normalized spacial score (nSPS) is 33.5. The van der Waals surface area contributed by atoms with Gasteiger partial charge in [0.1, 0.15) is 0 Å². The maximum atomic E-state index is 10.4. The minimum atomic E-state index is -0.0846. The highest BCUT2D eigenvalue weighted by Gasteiger charge is 2.24. The molecule has 3 N–H and O–H groups in total. The monoisotopic (exact) mass is 246 g/mol. The molecule has 18 heavy (non-hydrogen) atoms. The quantitative estimate of drug-likeness (QED) is 0.699. The number of hydrogen-bond donors (Lipinski definition) is 2. The number of nitrogens with two attached hydrogens (primary N) is 1. The van der Waals surface area contributed by atoms with Gasteiger partial charge in [0, 0.05) is 18.7 Å². The highest BCUT2D eigenvalue weighted by molar-refractivity contribution is 5.75. The fraction of sp³-hybridized carbons (Fsp3) is 0.533. The molecule has 1 unspecified atom stereocenters. The summed E-state index contributed by atoms with van der Waals surface area (Å²) in [6.45, 7) is 4.89. The summed E-state index contributed by atoms with van der Waals surface area (Å²) in [5.41, 5.74) is 8.16. The van der Waals surface area contributed by atoms with Crippen LogP contribution in [-0.2, 0) is 0 Å². The molecule has 2 aliphatic rings. The first kappa shape index (κ1) is 13.1. The van der Waals surface area contributed by atoms with Gasteiger partial charge in [0.2, 0.25) is 0 Å². The second kappa shape index (κ2) is 5.11. The second-order valence-electron chi connectivity index (χ2n) is 5.77. The largest absolute Gasteiger partial charge is 0.512 e. The van der Waals surface area contributed by atoms with Crippen LogP contribution in [0.4, 0.5) is 0 Å². The van der Waals surface area contributed by atoms with Crippen molar-refractivity contribution in [3.63, 3.8) is 0 Å². The number of aliphatic hydroxyl groups excluding tert-OH is 1. The van der Waals surface area contributed by atoms with Crippen LogP contribution in [0.5, 0.6) is 0 Å². The predicted octanol–water partition coefficient (Wildman–Crippen LogP) is 2.90. The zero-order chi connectivity index (χ0) is 13.2. The third kappa shape index (κ3) is 2.91. The van der Waals surface area contributed by atoms with E-state index < -0.39 is 0 Å². The van der Waals surface area contributed by atoms with Gasteiger partial charge in [-0.1, -0.05) is 26.0 Å². The molecule has 0 spiro atoms. The van der Waals surface area contributed by atoms with Crippen molar-refractivity contribution in [2.45, 2.75) is 39.2 Å². The van der Waals surface area contributed by atoms with Gasteiger partial charge in [-0.05, 0) is 35.5 Å².